The number of rotatable bonds is 8. The predicted octanol–water partition coefficient (Wildman–Crippen LogP) is 5.33. The second kappa shape index (κ2) is 10.7. The van der Waals surface area contributed by atoms with E-state index in [0.717, 1.165) is 15.8 Å². The number of carbonyl (C=O) groups excluding carboxylic acids is 2. The Labute approximate surface area is 222 Å². The third-order valence-corrected chi connectivity index (χ3v) is 6.73. The molecule has 0 fully saturated rings. The molecule has 0 aliphatic heterocycles. The third kappa shape index (κ3) is 5.07. The van der Waals surface area contributed by atoms with Crippen molar-refractivity contribution in [1.29, 1.82) is 0 Å². The van der Waals surface area contributed by atoms with Gasteiger partial charge in [0.2, 0.25) is 0 Å². The summed E-state index contributed by atoms with van der Waals surface area (Å²) in [6.45, 7) is -0.472. The molecule has 9 nitrogen and oxygen atoms in total. The van der Waals surface area contributed by atoms with Gasteiger partial charge in [0.15, 0.2) is 23.2 Å². The molecule has 0 saturated heterocycles. The summed E-state index contributed by atoms with van der Waals surface area (Å²) in [7, 11) is 4.70. The van der Waals surface area contributed by atoms with Crippen LogP contribution in [0.25, 0.3) is 32.4 Å². The van der Waals surface area contributed by atoms with Crippen molar-refractivity contribution in [3.63, 3.8) is 0 Å². The first-order valence-electron chi connectivity index (χ1n) is 11.5. The molecule has 1 amide bonds. The SMILES string of the molecule is COc1ccc2nc(NC(=O)COC(=O)c3cc(-c4ccc(OC)c(OC)c4)nc4ccccc34)sc2c1. The highest BCUT2D eigenvalue weighted by Crippen LogP contribution is 2.33. The number of pyridine rings is 1. The molecule has 0 aliphatic rings. The quantitative estimate of drug-likeness (QED) is 0.269. The summed E-state index contributed by atoms with van der Waals surface area (Å²) in [5.74, 6) is 0.673. The van der Waals surface area contributed by atoms with Crippen LogP contribution in [-0.4, -0.2) is 49.8 Å². The lowest BCUT2D eigenvalue weighted by Gasteiger charge is -2.12. The Hall–Kier alpha value is -4.70. The number of hydrogen-bond donors (Lipinski definition) is 1. The second-order valence-electron chi connectivity index (χ2n) is 8.12. The molecular weight excluding hydrogens is 506 g/mol. The van der Waals surface area contributed by atoms with E-state index in [9.17, 15) is 9.59 Å². The summed E-state index contributed by atoms with van der Waals surface area (Å²) in [4.78, 5) is 34.8. The van der Waals surface area contributed by atoms with Gasteiger partial charge in [0.25, 0.3) is 5.91 Å². The van der Waals surface area contributed by atoms with Crippen LogP contribution in [0.1, 0.15) is 10.4 Å². The summed E-state index contributed by atoms with van der Waals surface area (Å²) >= 11 is 1.30. The number of thiazole rings is 1. The lowest BCUT2D eigenvalue weighted by atomic mass is 10.0. The van der Waals surface area contributed by atoms with Crippen molar-refractivity contribution in [3.8, 4) is 28.5 Å². The zero-order valence-electron chi connectivity index (χ0n) is 20.8. The molecule has 2 aromatic heterocycles. The molecule has 1 N–H and O–H groups in total. The Bertz CT molecular complexity index is 1670. The maximum absolute atomic E-state index is 13.1. The van der Waals surface area contributed by atoms with Crippen LogP contribution >= 0.6 is 11.3 Å². The zero-order chi connectivity index (χ0) is 26.6. The highest BCUT2D eigenvalue weighted by Gasteiger charge is 2.18. The van der Waals surface area contributed by atoms with Gasteiger partial charge in [0.05, 0.1) is 48.3 Å². The largest absolute Gasteiger partial charge is 0.497 e. The molecule has 0 bridgehead atoms. The van der Waals surface area contributed by atoms with E-state index < -0.39 is 18.5 Å². The lowest BCUT2D eigenvalue weighted by molar-refractivity contribution is -0.119. The van der Waals surface area contributed by atoms with Gasteiger partial charge in [-0.2, -0.15) is 0 Å². The van der Waals surface area contributed by atoms with Crippen LogP contribution in [0.3, 0.4) is 0 Å². The summed E-state index contributed by atoms with van der Waals surface area (Å²) in [6, 6.07) is 19.7. The summed E-state index contributed by atoms with van der Waals surface area (Å²) < 4.78 is 22.2. The number of esters is 1. The molecule has 5 rings (SSSR count). The van der Waals surface area contributed by atoms with E-state index in [1.807, 2.05) is 36.4 Å². The van der Waals surface area contributed by atoms with E-state index in [1.54, 1.807) is 51.7 Å². The molecule has 0 aliphatic carbocycles. The molecule has 10 heteroatoms. The summed E-state index contributed by atoms with van der Waals surface area (Å²) in [5.41, 5.74) is 2.91. The molecule has 2 heterocycles. The van der Waals surface area contributed by atoms with Crippen molar-refractivity contribution in [3.05, 3.63) is 72.3 Å². The standard InChI is InChI=1S/C28H23N3O6S/c1-34-17-9-10-21-25(13-17)38-28(30-21)31-26(32)15-37-27(33)19-14-22(29-20-7-5-4-6-18(19)20)16-8-11-23(35-2)24(12-16)36-3/h4-14H,15H2,1-3H3,(H,30,31,32). The predicted molar refractivity (Wildman–Crippen MR) is 145 cm³/mol. The van der Waals surface area contributed by atoms with Crippen molar-refractivity contribution in [2.45, 2.75) is 0 Å². The average Bonchev–Trinajstić information content (AvgIpc) is 3.36. The average molecular weight is 530 g/mol. The minimum absolute atomic E-state index is 0.292. The van der Waals surface area contributed by atoms with Crippen molar-refractivity contribution in [2.24, 2.45) is 0 Å². The number of hydrogen-bond acceptors (Lipinski definition) is 9. The van der Waals surface area contributed by atoms with Gasteiger partial charge in [-0.25, -0.2) is 14.8 Å². The number of para-hydroxylation sites is 1. The monoisotopic (exact) mass is 529 g/mol. The number of nitrogens with one attached hydrogen (secondary N) is 1. The maximum Gasteiger partial charge on any atom is 0.339 e. The minimum Gasteiger partial charge on any atom is -0.497 e. The lowest BCUT2D eigenvalue weighted by Crippen LogP contribution is -2.21. The van der Waals surface area contributed by atoms with E-state index in [4.69, 9.17) is 23.9 Å². The first-order chi connectivity index (χ1) is 18.5. The number of ether oxygens (including phenoxy) is 4. The van der Waals surface area contributed by atoms with E-state index in [1.165, 1.54) is 11.3 Å². The maximum atomic E-state index is 13.1. The molecule has 0 radical (unpaired) electrons. The fraction of sp³-hybridized carbons (Fsp3) is 0.143. The van der Waals surface area contributed by atoms with Crippen molar-refractivity contribution >= 4 is 49.5 Å². The van der Waals surface area contributed by atoms with E-state index in [2.05, 4.69) is 10.3 Å². The van der Waals surface area contributed by atoms with E-state index >= 15 is 0 Å². The number of methoxy groups -OCH3 is 3. The number of anilines is 1. The molecule has 0 spiro atoms. The van der Waals surface area contributed by atoms with Gasteiger partial charge in [-0.1, -0.05) is 29.5 Å². The van der Waals surface area contributed by atoms with Gasteiger partial charge in [0, 0.05) is 10.9 Å². The normalized spacial score (nSPS) is 10.8. The summed E-state index contributed by atoms with van der Waals surface area (Å²) in [6.07, 6.45) is 0. The third-order valence-electron chi connectivity index (χ3n) is 5.79. The molecule has 5 aromatic rings. The summed E-state index contributed by atoms with van der Waals surface area (Å²) in [5, 5.41) is 3.70. The molecule has 192 valence electrons. The molecule has 0 unspecified atom stereocenters. The van der Waals surface area contributed by atoms with Crippen molar-refractivity contribution in [1.82, 2.24) is 9.97 Å². The van der Waals surface area contributed by atoms with Gasteiger partial charge in [-0.3, -0.25) is 10.1 Å². The number of aromatic nitrogens is 2. The first-order valence-corrected chi connectivity index (χ1v) is 12.3. The van der Waals surface area contributed by atoms with Gasteiger partial charge in [0.1, 0.15) is 5.75 Å². The fourth-order valence-electron chi connectivity index (χ4n) is 3.94. The molecular formula is C28H23N3O6S. The van der Waals surface area contributed by atoms with Crippen LogP contribution in [0.5, 0.6) is 17.2 Å². The topological polar surface area (TPSA) is 109 Å². The Kier molecular flexibility index (Phi) is 7.05. The van der Waals surface area contributed by atoms with Crippen LogP contribution in [0.4, 0.5) is 5.13 Å². The Morgan fingerprint density at radius 3 is 2.45 bits per heavy atom. The van der Waals surface area contributed by atoms with E-state index in [0.29, 0.717) is 44.5 Å². The number of amides is 1. The highest BCUT2D eigenvalue weighted by molar-refractivity contribution is 7.22. The van der Waals surface area contributed by atoms with Crippen molar-refractivity contribution in [2.75, 3.05) is 33.3 Å². The van der Waals surface area contributed by atoms with Crippen LogP contribution < -0.4 is 19.5 Å². The van der Waals surface area contributed by atoms with Crippen LogP contribution in [0.15, 0.2) is 66.7 Å². The number of benzene rings is 3. The van der Waals surface area contributed by atoms with Crippen LogP contribution in [0, 0.1) is 0 Å². The van der Waals surface area contributed by atoms with Crippen molar-refractivity contribution < 1.29 is 28.5 Å². The molecule has 0 saturated carbocycles. The van der Waals surface area contributed by atoms with Crippen LogP contribution in [-0.2, 0) is 9.53 Å². The van der Waals surface area contributed by atoms with E-state index in [-0.39, 0.29) is 0 Å². The Morgan fingerprint density at radius 1 is 0.842 bits per heavy atom. The number of fused-ring (bicyclic) bond motifs is 2. The van der Waals surface area contributed by atoms with Gasteiger partial charge in [-0.15, -0.1) is 0 Å². The van der Waals surface area contributed by atoms with Gasteiger partial charge < -0.3 is 18.9 Å². The first kappa shape index (κ1) is 25.0. The highest BCUT2D eigenvalue weighted by atomic mass is 32.1. The van der Waals surface area contributed by atoms with Gasteiger partial charge >= 0.3 is 5.97 Å². The smallest absolute Gasteiger partial charge is 0.339 e. The minimum atomic E-state index is -0.644. The molecule has 3 aromatic carbocycles. The Balaban J connectivity index is 1.36. The van der Waals surface area contributed by atoms with Crippen LogP contribution in [0.2, 0.25) is 0 Å². The number of carbonyl (C=O) groups is 2. The molecule has 38 heavy (non-hydrogen) atoms. The zero-order valence-corrected chi connectivity index (χ0v) is 21.6. The number of nitrogens with zero attached hydrogens (tertiary/aromatic N) is 2. The fourth-order valence-corrected chi connectivity index (χ4v) is 4.85. The van der Waals surface area contributed by atoms with Gasteiger partial charge in [-0.05, 0) is 48.5 Å². The molecule has 0 atom stereocenters. The Morgan fingerprint density at radius 2 is 1.66 bits per heavy atom. The second-order valence-corrected chi connectivity index (χ2v) is 9.15.